The van der Waals surface area contributed by atoms with Crippen molar-refractivity contribution in [3.63, 3.8) is 0 Å². The van der Waals surface area contributed by atoms with E-state index in [1.807, 2.05) is 18.2 Å². The maximum absolute atomic E-state index is 10.7. The Balaban J connectivity index is 1.29. The van der Waals surface area contributed by atoms with Crippen molar-refractivity contribution in [1.82, 2.24) is 0 Å². The number of fused-ring (bicyclic) bond motifs is 1. The van der Waals surface area contributed by atoms with Gasteiger partial charge in [0.1, 0.15) is 24.4 Å². The number of aliphatic hydroxyl groups excluding tert-OH is 4. The molecule has 11 nitrogen and oxygen atoms in total. The smallest absolute Gasteiger partial charge is 0.229 e. The number of hydrogen-bond donors (Lipinski definition) is 5. The average Bonchev–Trinajstić information content (AvgIpc) is 3.52. The van der Waals surface area contributed by atoms with Crippen LogP contribution in [0, 0.1) is 11.8 Å². The summed E-state index contributed by atoms with van der Waals surface area (Å²) in [6.07, 6.45) is -7.65. The van der Waals surface area contributed by atoms with Gasteiger partial charge in [0.05, 0.1) is 46.2 Å². The summed E-state index contributed by atoms with van der Waals surface area (Å²) in [5.41, 5.74) is 1.71. The number of methoxy groups -OCH3 is 2. The number of ether oxygens (including phenoxy) is 6. The molecule has 202 valence electrons. The first-order valence-corrected chi connectivity index (χ1v) is 12.1. The largest absolute Gasteiger partial charge is 0.504 e. The Bertz CT molecular complexity index is 1090. The Kier molecular flexibility index (Phi) is 7.46. The maximum Gasteiger partial charge on any atom is 0.229 e. The fourth-order valence-electron chi connectivity index (χ4n) is 5.37. The van der Waals surface area contributed by atoms with Crippen molar-refractivity contribution in [3.05, 3.63) is 47.5 Å². The van der Waals surface area contributed by atoms with Crippen LogP contribution in [0.15, 0.2) is 36.4 Å². The number of phenols is 1. The van der Waals surface area contributed by atoms with Crippen LogP contribution in [-0.2, 0) is 14.2 Å². The van der Waals surface area contributed by atoms with Gasteiger partial charge in [-0.2, -0.15) is 0 Å². The van der Waals surface area contributed by atoms with Crippen molar-refractivity contribution in [1.29, 1.82) is 0 Å². The molecule has 0 bridgehead atoms. The van der Waals surface area contributed by atoms with Crippen LogP contribution in [-0.4, -0.2) is 90.3 Å². The lowest BCUT2D eigenvalue weighted by Gasteiger charge is -2.39. The van der Waals surface area contributed by atoms with Gasteiger partial charge in [0.15, 0.2) is 23.0 Å². The summed E-state index contributed by atoms with van der Waals surface area (Å²) in [5, 5.41) is 50.1. The second-order valence-electron chi connectivity index (χ2n) is 9.49. The van der Waals surface area contributed by atoms with Gasteiger partial charge < -0.3 is 54.0 Å². The first-order valence-electron chi connectivity index (χ1n) is 12.1. The Hall–Kier alpha value is -2.64. The van der Waals surface area contributed by atoms with Gasteiger partial charge in [0.25, 0.3) is 0 Å². The van der Waals surface area contributed by atoms with Gasteiger partial charge in [0.2, 0.25) is 6.29 Å². The molecule has 5 N–H and O–H groups in total. The van der Waals surface area contributed by atoms with Gasteiger partial charge in [0, 0.05) is 11.8 Å². The van der Waals surface area contributed by atoms with E-state index in [1.165, 1.54) is 12.1 Å². The Morgan fingerprint density at radius 1 is 0.784 bits per heavy atom. The van der Waals surface area contributed by atoms with Gasteiger partial charge in [-0.3, -0.25) is 0 Å². The van der Waals surface area contributed by atoms with E-state index in [0.717, 1.165) is 11.1 Å². The number of aliphatic hydroxyl groups is 4. The van der Waals surface area contributed by atoms with E-state index in [9.17, 15) is 25.5 Å². The fourth-order valence-corrected chi connectivity index (χ4v) is 5.37. The molecule has 3 fully saturated rings. The highest BCUT2D eigenvalue weighted by atomic mass is 16.7. The highest BCUT2D eigenvalue weighted by Crippen LogP contribution is 2.51. The lowest BCUT2D eigenvalue weighted by molar-refractivity contribution is -0.277. The van der Waals surface area contributed by atoms with Crippen LogP contribution < -0.4 is 14.2 Å². The molecular weight excluding hydrogens is 488 g/mol. The number of rotatable bonds is 7. The summed E-state index contributed by atoms with van der Waals surface area (Å²) in [6, 6.07) is 10.5. The molecule has 9 atom stereocenters. The van der Waals surface area contributed by atoms with Crippen LogP contribution in [0.1, 0.15) is 23.3 Å². The third-order valence-corrected chi connectivity index (χ3v) is 7.40. The molecule has 3 heterocycles. The van der Waals surface area contributed by atoms with Crippen molar-refractivity contribution in [2.75, 3.05) is 34.0 Å². The molecule has 0 radical (unpaired) electrons. The molecule has 2 aromatic rings. The SMILES string of the molecule is COc1ccc([C@@H]2OC[C@H]3[C@@H]2CO[C@H]3c2ccc(O[C@@H]3O[C@H](CO)[C@@H](O)[C@H](O)[C@H]3O)c(O)c2)cc1OC. The molecule has 3 aliphatic heterocycles. The lowest BCUT2D eigenvalue weighted by Crippen LogP contribution is -2.60. The molecule has 0 aliphatic carbocycles. The molecule has 0 aromatic heterocycles. The quantitative estimate of drug-likeness (QED) is 0.349. The maximum atomic E-state index is 10.7. The summed E-state index contributed by atoms with van der Waals surface area (Å²) in [4.78, 5) is 0. The molecule has 0 amide bonds. The van der Waals surface area contributed by atoms with Gasteiger partial charge >= 0.3 is 0 Å². The van der Waals surface area contributed by atoms with Gasteiger partial charge in [-0.25, -0.2) is 0 Å². The molecule has 0 spiro atoms. The standard InChI is InChI=1S/C26H32O11/c1-32-18-6-4-13(8-19(18)33-2)25-15-11-34-24(14(15)10-35-25)12-3-5-17(16(28)7-12)36-26-23(31)22(30)21(29)20(9-27)37-26/h3-8,14-15,20-31H,9-11H2,1-2H3/t14-,15-,20+,21+,22-,23+,24-,25-,26+/m0/s1. The second-order valence-corrected chi connectivity index (χ2v) is 9.49. The average molecular weight is 521 g/mol. The normalized spacial score (nSPS) is 35.2. The van der Waals surface area contributed by atoms with Crippen molar-refractivity contribution in [2.45, 2.75) is 42.9 Å². The zero-order valence-corrected chi connectivity index (χ0v) is 20.5. The van der Waals surface area contributed by atoms with Crippen molar-refractivity contribution in [2.24, 2.45) is 11.8 Å². The summed E-state index contributed by atoms with van der Waals surface area (Å²) in [6.45, 7) is 0.389. The minimum atomic E-state index is -1.58. The first kappa shape index (κ1) is 26.0. The van der Waals surface area contributed by atoms with E-state index >= 15 is 0 Å². The molecule has 3 aliphatic rings. The molecule has 2 aromatic carbocycles. The van der Waals surface area contributed by atoms with Gasteiger partial charge in [-0.15, -0.1) is 0 Å². The summed E-state index contributed by atoms with van der Waals surface area (Å²) >= 11 is 0. The molecular formula is C26H32O11. The lowest BCUT2D eigenvalue weighted by atomic mass is 9.85. The van der Waals surface area contributed by atoms with E-state index in [0.29, 0.717) is 24.7 Å². The molecule has 0 unspecified atom stereocenters. The predicted octanol–water partition coefficient (Wildman–Crippen LogP) is 0.663. The minimum absolute atomic E-state index is 0.00787. The number of hydrogen-bond acceptors (Lipinski definition) is 11. The molecule has 11 heteroatoms. The third-order valence-electron chi connectivity index (χ3n) is 7.40. The predicted molar refractivity (Wildman–Crippen MR) is 126 cm³/mol. The first-order chi connectivity index (χ1) is 17.9. The van der Waals surface area contributed by atoms with E-state index in [-0.39, 0.29) is 35.5 Å². The Morgan fingerprint density at radius 3 is 1.95 bits per heavy atom. The Labute approximate surface area is 213 Å². The fraction of sp³-hybridized carbons (Fsp3) is 0.538. The Morgan fingerprint density at radius 2 is 1.38 bits per heavy atom. The number of aromatic hydroxyl groups is 1. The monoisotopic (exact) mass is 520 g/mol. The minimum Gasteiger partial charge on any atom is -0.504 e. The number of phenolic OH excluding ortho intramolecular Hbond substituents is 1. The third kappa shape index (κ3) is 4.72. The molecule has 0 saturated carbocycles. The van der Waals surface area contributed by atoms with Crippen LogP contribution in [0.3, 0.4) is 0 Å². The molecule has 37 heavy (non-hydrogen) atoms. The van der Waals surface area contributed by atoms with Gasteiger partial charge in [-0.1, -0.05) is 12.1 Å². The van der Waals surface area contributed by atoms with Gasteiger partial charge in [-0.05, 0) is 35.4 Å². The zero-order chi connectivity index (χ0) is 26.3. The highest BCUT2D eigenvalue weighted by molar-refractivity contribution is 5.45. The second kappa shape index (κ2) is 10.6. The van der Waals surface area contributed by atoms with Crippen LogP contribution >= 0.6 is 0 Å². The zero-order valence-electron chi connectivity index (χ0n) is 20.5. The van der Waals surface area contributed by atoms with Crippen LogP contribution in [0.25, 0.3) is 0 Å². The van der Waals surface area contributed by atoms with Crippen LogP contribution in [0.2, 0.25) is 0 Å². The van der Waals surface area contributed by atoms with E-state index in [2.05, 4.69) is 0 Å². The molecule has 3 saturated heterocycles. The number of benzene rings is 2. The summed E-state index contributed by atoms with van der Waals surface area (Å²) < 4.78 is 34.0. The van der Waals surface area contributed by atoms with Crippen molar-refractivity contribution < 1.29 is 54.0 Å². The summed E-state index contributed by atoms with van der Waals surface area (Å²) in [7, 11) is 3.18. The highest BCUT2D eigenvalue weighted by Gasteiger charge is 2.48. The van der Waals surface area contributed by atoms with Crippen molar-refractivity contribution >= 4 is 0 Å². The molecule has 5 rings (SSSR count). The van der Waals surface area contributed by atoms with E-state index < -0.39 is 37.3 Å². The summed E-state index contributed by atoms with van der Waals surface area (Å²) in [5.74, 6) is 1.24. The van der Waals surface area contributed by atoms with Crippen LogP contribution in [0.4, 0.5) is 0 Å². The van der Waals surface area contributed by atoms with Crippen molar-refractivity contribution in [3.8, 4) is 23.0 Å². The van der Waals surface area contributed by atoms with E-state index in [4.69, 9.17) is 28.4 Å². The van der Waals surface area contributed by atoms with E-state index in [1.54, 1.807) is 20.3 Å². The topological polar surface area (TPSA) is 157 Å². The van der Waals surface area contributed by atoms with Crippen LogP contribution in [0.5, 0.6) is 23.0 Å².